The lowest BCUT2D eigenvalue weighted by Gasteiger charge is -2.34. The maximum Gasteiger partial charge on any atom is 0.257 e. The van der Waals surface area contributed by atoms with E-state index in [1.165, 1.54) is 11.3 Å². The van der Waals surface area contributed by atoms with E-state index >= 15 is 0 Å². The van der Waals surface area contributed by atoms with Gasteiger partial charge in [-0.3, -0.25) is 15.0 Å². The van der Waals surface area contributed by atoms with Crippen molar-refractivity contribution in [1.29, 1.82) is 0 Å². The molecular weight excluding hydrogens is 362 g/mol. The fraction of sp³-hybridized carbons (Fsp3) is 0.500. The van der Waals surface area contributed by atoms with Gasteiger partial charge in [0.2, 0.25) is 0 Å². The highest BCUT2D eigenvalue weighted by atomic mass is 32.1. The van der Waals surface area contributed by atoms with Gasteiger partial charge in [-0.2, -0.15) is 0 Å². The van der Waals surface area contributed by atoms with Crippen LogP contribution in [0.1, 0.15) is 43.7 Å². The Bertz CT molecular complexity index is 750. The van der Waals surface area contributed by atoms with Crippen molar-refractivity contribution < 1.29 is 14.3 Å². The number of aromatic nitrogens is 1. The Hall–Kier alpha value is -1.96. The number of nitrogens with zero attached hydrogens (tertiary/aromatic N) is 2. The molecule has 1 fully saturated rings. The molecule has 3 rings (SSSR count). The van der Waals surface area contributed by atoms with Crippen LogP contribution in [-0.2, 0) is 11.3 Å². The van der Waals surface area contributed by atoms with Gasteiger partial charge >= 0.3 is 0 Å². The summed E-state index contributed by atoms with van der Waals surface area (Å²) in [5, 5.41) is 5.50. The molecule has 2 atom stereocenters. The quantitative estimate of drug-likeness (QED) is 0.814. The molecule has 0 spiro atoms. The summed E-state index contributed by atoms with van der Waals surface area (Å²) in [6.45, 7) is 10.7. The van der Waals surface area contributed by atoms with Crippen molar-refractivity contribution in [2.75, 3.05) is 18.4 Å². The van der Waals surface area contributed by atoms with Crippen LogP contribution in [0.15, 0.2) is 29.6 Å². The van der Waals surface area contributed by atoms with Gasteiger partial charge in [0.15, 0.2) is 5.13 Å². The molecule has 7 heteroatoms. The molecular formula is C20H27N3O3S. The zero-order chi connectivity index (χ0) is 19.4. The van der Waals surface area contributed by atoms with Crippen LogP contribution < -0.4 is 10.1 Å². The molecule has 1 amide bonds. The van der Waals surface area contributed by atoms with Gasteiger partial charge in [-0.1, -0.05) is 0 Å². The van der Waals surface area contributed by atoms with Crippen LogP contribution in [0.2, 0.25) is 0 Å². The summed E-state index contributed by atoms with van der Waals surface area (Å²) in [7, 11) is 0. The number of amides is 1. The van der Waals surface area contributed by atoms with Crippen molar-refractivity contribution in [2.45, 2.75) is 52.6 Å². The SMILES string of the molecule is CC(C)Oc1ccc(C(=O)Nc2nc(CN3C[C@H](C)O[C@@H](C)C3)cs2)cc1. The first-order valence-electron chi connectivity index (χ1n) is 9.29. The molecule has 1 aromatic heterocycles. The third kappa shape index (κ3) is 5.76. The molecule has 1 aromatic carbocycles. The molecule has 0 unspecified atom stereocenters. The highest BCUT2D eigenvalue weighted by molar-refractivity contribution is 7.13. The van der Waals surface area contributed by atoms with Crippen molar-refractivity contribution in [1.82, 2.24) is 9.88 Å². The average Bonchev–Trinajstić information content (AvgIpc) is 3.00. The third-order valence-corrected chi connectivity index (χ3v) is 4.95. The van der Waals surface area contributed by atoms with Gasteiger partial charge in [-0.25, -0.2) is 4.98 Å². The minimum atomic E-state index is -0.166. The van der Waals surface area contributed by atoms with Gasteiger partial charge < -0.3 is 9.47 Å². The topological polar surface area (TPSA) is 63.7 Å². The zero-order valence-corrected chi connectivity index (χ0v) is 17.1. The number of morpholine rings is 1. The Morgan fingerprint density at radius 2 is 1.96 bits per heavy atom. The predicted molar refractivity (Wildman–Crippen MR) is 108 cm³/mol. The summed E-state index contributed by atoms with van der Waals surface area (Å²) < 4.78 is 11.4. The van der Waals surface area contributed by atoms with Crippen LogP contribution in [0.3, 0.4) is 0 Å². The van der Waals surface area contributed by atoms with Crippen LogP contribution in [0.4, 0.5) is 5.13 Å². The number of thiazole rings is 1. The van der Waals surface area contributed by atoms with Crippen molar-refractivity contribution in [3.63, 3.8) is 0 Å². The molecule has 0 saturated carbocycles. The molecule has 27 heavy (non-hydrogen) atoms. The maximum atomic E-state index is 12.4. The van der Waals surface area contributed by atoms with Crippen molar-refractivity contribution in [2.24, 2.45) is 0 Å². The van der Waals surface area contributed by atoms with Gasteiger partial charge in [0.25, 0.3) is 5.91 Å². The van der Waals surface area contributed by atoms with Crippen molar-refractivity contribution >= 4 is 22.4 Å². The van der Waals surface area contributed by atoms with Crippen LogP contribution in [0, 0.1) is 0 Å². The number of carbonyl (C=O) groups is 1. The lowest BCUT2D eigenvalue weighted by molar-refractivity contribution is -0.0707. The van der Waals surface area contributed by atoms with Crippen molar-refractivity contribution in [3.05, 3.63) is 40.9 Å². The van der Waals surface area contributed by atoms with E-state index in [-0.39, 0.29) is 24.2 Å². The molecule has 146 valence electrons. The largest absolute Gasteiger partial charge is 0.491 e. The number of rotatable bonds is 6. The van der Waals surface area contributed by atoms with E-state index in [2.05, 4.69) is 29.0 Å². The second-order valence-electron chi connectivity index (χ2n) is 7.24. The van der Waals surface area contributed by atoms with E-state index in [0.717, 1.165) is 31.1 Å². The Kier molecular flexibility index (Phi) is 6.46. The molecule has 1 N–H and O–H groups in total. The van der Waals surface area contributed by atoms with Gasteiger partial charge in [0, 0.05) is 30.6 Å². The van der Waals surface area contributed by atoms with E-state index in [4.69, 9.17) is 9.47 Å². The minimum absolute atomic E-state index is 0.107. The van der Waals surface area contributed by atoms with E-state index in [0.29, 0.717) is 10.7 Å². The molecule has 2 heterocycles. The maximum absolute atomic E-state index is 12.4. The van der Waals surface area contributed by atoms with Crippen molar-refractivity contribution in [3.8, 4) is 5.75 Å². The first-order chi connectivity index (χ1) is 12.9. The van der Waals surface area contributed by atoms with E-state index < -0.39 is 0 Å². The Labute approximate surface area is 164 Å². The smallest absolute Gasteiger partial charge is 0.257 e. The Morgan fingerprint density at radius 3 is 2.59 bits per heavy atom. The fourth-order valence-electron chi connectivity index (χ4n) is 3.21. The standard InChI is InChI=1S/C20H27N3O3S/c1-13(2)25-18-7-5-16(6-8-18)19(24)22-20-21-17(12-27-20)11-23-9-14(3)26-15(4)10-23/h5-8,12-15H,9-11H2,1-4H3,(H,21,22,24)/t14-,15-/m0/s1. The lowest BCUT2D eigenvalue weighted by Crippen LogP contribution is -2.44. The minimum Gasteiger partial charge on any atom is -0.491 e. The van der Waals surface area contributed by atoms with E-state index in [1.807, 2.05) is 31.4 Å². The average molecular weight is 390 g/mol. The number of hydrogen-bond acceptors (Lipinski definition) is 6. The molecule has 0 aliphatic carbocycles. The van der Waals surface area contributed by atoms with Gasteiger partial charge in [0.05, 0.1) is 24.0 Å². The monoisotopic (exact) mass is 389 g/mol. The summed E-state index contributed by atoms with van der Waals surface area (Å²) in [4.78, 5) is 19.3. The number of hydrogen-bond donors (Lipinski definition) is 1. The summed E-state index contributed by atoms with van der Waals surface area (Å²) in [6.07, 6.45) is 0.569. The summed E-state index contributed by atoms with van der Waals surface area (Å²) >= 11 is 1.45. The molecule has 0 radical (unpaired) electrons. The lowest BCUT2D eigenvalue weighted by atomic mass is 10.2. The molecule has 1 saturated heterocycles. The third-order valence-electron chi connectivity index (χ3n) is 4.14. The molecule has 0 bridgehead atoms. The van der Waals surface area contributed by atoms with Crippen LogP contribution >= 0.6 is 11.3 Å². The summed E-state index contributed by atoms with van der Waals surface area (Å²) in [5.41, 5.74) is 1.55. The van der Waals surface area contributed by atoms with Gasteiger partial charge in [0.1, 0.15) is 5.75 Å². The highest BCUT2D eigenvalue weighted by Gasteiger charge is 2.22. The second kappa shape index (κ2) is 8.82. The number of benzene rings is 1. The normalized spacial score (nSPS) is 20.6. The number of anilines is 1. The van der Waals surface area contributed by atoms with Crippen LogP contribution in [-0.4, -0.2) is 47.2 Å². The molecule has 1 aliphatic heterocycles. The number of nitrogens with one attached hydrogen (secondary N) is 1. The highest BCUT2D eigenvalue weighted by Crippen LogP contribution is 2.20. The first-order valence-corrected chi connectivity index (χ1v) is 10.2. The number of ether oxygens (including phenoxy) is 2. The molecule has 1 aliphatic rings. The Morgan fingerprint density at radius 1 is 1.30 bits per heavy atom. The molecule has 6 nitrogen and oxygen atoms in total. The predicted octanol–water partition coefficient (Wildman–Crippen LogP) is 3.79. The van der Waals surface area contributed by atoms with Crippen LogP contribution in [0.25, 0.3) is 0 Å². The Balaban J connectivity index is 1.56. The number of carbonyl (C=O) groups excluding carboxylic acids is 1. The van der Waals surface area contributed by atoms with E-state index in [9.17, 15) is 4.79 Å². The van der Waals surface area contributed by atoms with E-state index in [1.54, 1.807) is 12.1 Å². The second-order valence-corrected chi connectivity index (χ2v) is 8.10. The van der Waals surface area contributed by atoms with Gasteiger partial charge in [-0.05, 0) is 52.0 Å². The molecule has 2 aromatic rings. The fourth-order valence-corrected chi connectivity index (χ4v) is 3.90. The first kappa shape index (κ1) is 19.8. The summed E-state index contributed by atoms with van der Waals surface area (Å²) in [6, 6.07) is 7.14. The van der Waals surface area contributed by atoms with Gasteiger partial charge in [-0.15, -0.1) is 11.3 Å². The van der Waals surface area contributed by atoms with Crippen LogP contribution in [0.5, 0.6) is 5.75 Å². The zero-order valence-electron chi connectivity index (χ0n) is 16.3. The summed E-state index contributed by atoms with van der Waals surface area (Å²) in [5.74, 6) is 0.590.